The summed E-state index contributed by atoms with van der Waals surface area (Å²) in [4.78, 5) is 22.7. The number of carboxylic acids is 1. The van der Waals surface area contributed by atoms with Crippen molar-refractivity contribution in [1.29, 1.82) is 0 Å². The molecule has 1 aliphatic heterocycles. The van der Waals surface area contributed by atoms with Gasteiger partial charge >= 0.3 is 5.97 Å². The Morgan fingerprint density at radius 3 is 2.56 bits per heavy atom. The van der Waals surface area contributed by atoms with Crippen LogP contribution >= 0.6 is 0 Å². The van der Waals surface area contributed by atoms with E-state index >= 15 is 0 Å². The number of carbonyl (C=O) groups is 2. The molecular formula is C11H20N2O3. The van der Waals surface area contributed by atoms with Crippen molar-refractivity contribution in [3.63, 3.8) is 0 Å². The third-order valence-corrected chi connectivity index (χ3v) is 2.90. The van der Waals surface area contributed by atoms with Gasteiger partial charge in [0.05, 0.1) is 5.92 Å². The molecule has 5 nitrogen and oxygen atoms in total. The smallest absolute Gasteiger partial charge is 0.326 e. The Hall–Kier alpha value is -1.10. The van der Waals surface area contributed by atoms with Crippen molar-refractivity contribution >= 4 is 11.9 Å². The number of piperidine rings is 1. The lowest BCUT2D eigenvalue weighted by atomic mass is 9.97. The van der Waals surface area contributed by atoms with Crippen molar-refractivity contribution in [2.75, 3.05) is 13.1 Å². The summed E-state index contributed by atoms with van der Waals surface area (Å²) in [5.74, 6) is -1.30. The fourth-order valence-corrected chi connectivity index (χ4v) is 1.86. The molecule has 0 aromatic carbocycles. The molecule has 3 N–H and O–H groups in total. The fraction of sp³-hybridized carbons (Fsp3) is 0.818. The average Bonchev–Trinajstić information content (AvgIpc) is 2.25. The zero-order valence-electron chi connectivity index (χ0n) is 9.82. The van der Waals surface area contributed by atoms with Gasteiger partial charge in [0.25, 0.3) is 0 Å². The third-order valence-electron chi connectivity index (χ3n) is 2.90. The highest BCUT2D eigenvalue weighted by Gasteiger charge is 2.28. The first-order valence-corrected chi connectivity index (χ1v) is 5.76. The Kier molecular flexibility index (Phi) is 4.73. The van der Waals surface area contributed by atoms with Crippen molar-refractivity contribution in [3.8, 4) is 0 Å². The van der Waals surface area contributed by atoms with E-state index in [0.717, 1.165) is 19.4 Å². The monoisotopic (exact) mass is 228 g/mol. The van der Waals surface area contributed by atoms with Gasteiger partial charge in [0, 0.05) is 6.54 Å². The molecule has 0 spiro atoms. The molecule has 16 heavy (non-hydrogen) atoms. The quantitative estimate of drug-likeness (QED) is 0.643. The van der Waals surface area contributed by atoms with Crippen LogP contribution in [-0.4, -0.2) is 36.1 Å². The summed E-state index contributed by atoms with van der Waals surface area (Å²) < 4.78 is 0. The fourth-order valence-electron chi connectivity index (χ4n) is 1.86. The van der Waals surface area contributed by atoms with E-state index in [0.29, 0.717) is 6.54 Å². The van der Waals surface area contributed by atoms with Gasteiger partial charge in [-0.3, -0.25) is 4.79 Å². The number of rotatable bonds is 4. The molecule has 0 aliphatic carbocycles. The van der Waals surface area contributed by atoms with Gasteiger partial charge in [-0.15, -0.1) is 0 Å². The standard InChI is InChI=1S/C11H20N2O3/c1-7(2)9(11(15)16)13-10(14)8-4-3-5-12-6-8/h7-9,12H,3-6H2,1-2H3,(H,13,14)(H,15,16)/t8-,9?/m1/s1. The normalized spacial score (nSPS) is 22.8. The van der Waals surface area contributed by atoms with Crippen LogP contribution in [0.4, 0.5) is 0 Å². The van der Waals surface area contributed by atoms with Gasteiger partial charge in [-0.05, 0) is 25.3 Å². The summed E-state index contributed by atoms with van der Waals surface area (Å²) in [7, 11) is 0. The van der Waals surface area contributed by atoms with E-state index < -0.39 is 12.0 Å². The van der Waals surface area contributed by atoms with E-state index in [1.165, 1.54) is 0 Å². The van der Waals surface area contributed by atoms with Gasteiger partial charge in [0.1, 0.15) is 6.04 Å². The molecule has 0 bridgehead atoms. The van der Waals surface area contributed by atoms with Crippen LogP contribution in [0.25, 0.3) is 0 Å². The maximum atomic E-state index is 11.8. The topological polar surface area (TPSA) is 78.4 Å². The second-order valence-electron chi connectivity index (χ2n) is 4.61. The van der Waals surface area contributed by atoms with Crippen LogP contribution in [-0.2, 0) is 9.59 Å². The highest BCUT2D eigenvalue weighted by Crippen LogP contribution is 2.11. The molecule has 0 radical (unpaired) electrons. The van der Waals surface area contributed by atoms with Crippen molar-refractivity contribution in [2.24, 2.45) is 11.8 Å². The van der Waals surface area contributed by atoms with Gasteiger partial charge in [-0.1, -0.05) is 13.8 Å². The summed E-state index contributed by atoms with van der Waals surface area (Å²) in [6, 6.07) is -0.783. The molecule has 2 atom stereocenters. The Morgan fingerprint density at radius 1 is 1.44 bits per heavy atom. The molecule has 1 heterocycles. The summed E-state index contributed by atoms with van der Waals surface area (Å²) >= 11 is 0. The number of aliphatic carboxylic acids is 1. The zero-order chi connectivity index (χ0) is 12.1. The first-order chi connectivity index (χ1) is 7.52. The Morgan fingerprint density at radius 2 is 2.12 bits per heavy atom. The molecule has 1 saturated heterocycles. The van der Waals surface area contributed by atoms with Crippen LogP contribution in [0.15, 0.2) is 0 Å². The van der Waals surface area contributed by atoms with Crippen LogP contribution in [0.3, 0.4) is 0 Å². The summed E-state index contributed by atoms with van der Waals surface area (Å²) in [5, 5.41) is 14.7. The van der Waals surface area contributed by atoms with E-state index in [4.69, 9.17) is 5.11 Å². The number of carboxylic acid groups (broad SMARTS) is 1. The summed E-state index contributed by atoms with van der Waals surface area (Å²) in [6.45, 7) is 5.17. The lowest BCUT2D eigenvalue weighted by molar-refractivity contribution is -0.143. The van der Waals surface area contributed by atoms with Crippen LogP contribution in [0.2, 0.25) is 0 Å². The molecule has 1 rings (SSSR count). The predicted molar refractivity (Wildman–Crippen MR) is 60.0 cm³/mol. The molecule has 1 aliphatic rings. The van der Waals surface area contributed by atoms with E-state index in [9.17, 15) is 9.59 Å². The number of hydrogen-bond acceptors (Lipinski definition) is 3. The predicted octanol–water partition coefficient (Wildman–Crippen LogP) is 0.211. The first-order valence-electron chi connectivity index (χ1n) is 5.76. The van der Waals surface area contributed by atoms with Gasteiger partial charge in [-0.2, -0.15) is 0 Å². The molecule has 1 unspecified atom stereocenters. The molecular weight excluding hydrogens is 208 g/mol. The first kappa shape index (κ1) is 13.0. The van der Waals surface area contributed by atoms with Gasteiger partial charge in [-0.25, -0.2) is 4.79 Å². The van der Waals surface area contributed by atoms with E-state index in [2.05, 4.69) is 10.6 Å². The molecule has 92 valence electrons. The lowest BCUT2D eigenvalue weighted by Crippen LogP contribution is -2.49. The van der Waals surface area contributed by atoms with Gasteiger partial charge < -0.3 is 15.7 Å². The van der Waals surface area contributed by atoms with E-state index in [-0.39, 0.29) is 17.7 Å². The Balaban J connectivity index is 2.50. The van der Waals surface area contributed by atoms with Crippen LogP contribution in [0, 0.1) is 11.8 Å². The summed E-state index contributed by atoms with van der Waals surface area (Å²) in [6.07, 6.45) is 1.81. The second-order valence-corrected chi connectivity index (χ2v) is 4.61. The van der Waals surface area contributed by atoms with Gasteiger partial charge in [0.2, 0.25) is 5.91 Å². The number of nitrogens with one attached hydrogen (secondary N) is 2. The van der Waals surface area contributed by atoms with E-state index in [1.54, 1.807) is 13.8 Å². The van der Waals surface area contributed by atoms with Crippen molar-refractivity contribution in [1.82, 2.24) is 10.6 Å². The molecule has 5 heteroatoms. The minimum Gasteiger partial charge on any atom is -0.480 e. The van der Waals surface area contributed by atoms with Crippen LogP contribution in [0.1, 0.15) is 26.7 Å². The number of carbonyl (C=O) groups excluding carboxylic acids is 1. The van der Waals surface area contributed by atoms with E-state index in [1.807, 2.05) is 0 Å². The SMILES string of the molecule is CC(C)C(NC(=O)[C@@H]1CCCNC1)C(=O)O. The maximum Gasteiger partial charge on any atom is 0.326 e. The number of amides is 1. The van der Waals surface area contributed by atoms with Crippen molar-refractivity contribution < 1.29 is 14.7 Å². The molecule has 1 fully saturated rings. The Bertz CT molecular complexity index is 260. The van der Waals surface area contributed by atoms with Gasteiger partial charge in [0.15, 0.2) is 0 Å². The highest BCUT2D eigenvalue weighted by molar-refractivity contribution is 5.85. The van der Waals surface area contributed by atoms with Crippen LogP contribution in [0.5, 0.6) is 0 Å². The van der Waals surface area contributed by atoms with Crippen molar-refractivity contribution in [2.45, 2.75) is 32.7 Å². The largest absolute Gasteiger partial charge is 0.480 e. The molecule has 0 saturated carbocycles. The second kappa shape index (κ2) is 5.84. The van der Waals surface area contributed by atoms with Crippen LogP contribution < -0.4 is 10.6 Å². The minimum atomic E-state index is -0.966. The molecule has 0 aromatic rings. The molecule has 1 amide bonds. The third kappa shape index (κ3) is 3.48. The van der Waals surface area contributed by atoms with Crippen molar-refractivity contribution in [3.05, 3.63) is 0 Å². The maximum absolute atomic E-state index is 11.8. The minimum absolute atomic E-state index is 0.0886. The highest BCUT2D eigenvalue weighted by atomic mass is 16.4. The number of hydrogen-bond donors (Lipinski definition) is 3. The summed E-state index contributed by atoms with van der Waals surface area (Å²) in [5.41, 5.74) is 0. The molecule has 0 aromatic heterocycles. The average molecular weight is 228 g/mol. The zero-order valence-corrected chi connectivity index (χ0v) is 9.82. The lowest BCUT2D eigenvalue weighted by Gasteiger charge is -2.25. The Labute approximate surface area is 95.6 Å².